The largest absolute Gasteiger partial charge is 0.481 e. The third kappa shape index (κ3) is 5.72. The zero-order valence-corrected chi connectivity index (χ0v) is 32.7. The van der Waals surface area contributed by atoms with Gasteiger partial charge in [-0.05, 0) is 122 Å². The van der Waals surface area contributed by atoms with E-state index in [1.165, 1.54) is 0 Å². The van der Waals surface area contributed by atoms with E-state index in [0.717, 1.165) is 56.9 Å². The van der Waals surface area contributed by atoms with E-state index in [4.69, 9.17) is 18.9 Å². The number of hydrogen-bond donors (Lipinski definition) is 7. The Kier molecular flexibility index (Phi) is 10.3. The second-order valence-electron chi connectivity index (χ2n) is 19.7. The van der Waals surface area contributed by atoms with E-state index in [-0.39, 0.29) is 40.6 Å². The van der Waals surface area contributed by atoms with E-state index in [1.807, 2.05) is 0 Å². The van der Waals surface area contributed by atoms with E-state index >= 15 is 0 Å². The standard InChI is InChI=1S/C41H64O13/c1-19(2)20-10-15-41(36(49)50)17-16-39(6)21(26(20)41)8-9-24-38(5)13-12-25(37(3,4)23(38)11-14-40(24,39)7)52-35-32(29(45)28(44)31(53-35)33(47)48)54-34-30(46)27(43)22(42)18-51-34/h20-32,34-35,42-46H,1,8-18H2,2-7H3,(H,47,48)(H,49,50)/t20-,21+,22+,23-,24?,25?,26+,27-,28-,29-,30+,31-,32+,34-,35+,38-,39+,40+,41-/m0/s1. The molecule has 7 rings (SSSR count). The van der Waals surface area contributed by atoms with Crippen molar-refractivity contribution < 1.29 is 64.3 Å². The van der Waals surface area contributed by atoms with Gasteiger partial charge < -0.3 is 54.7 Å². The summed E-state index contributed by atoms with van der Waals surface area (Å²) >= 11 is 0. The van der Waals surface area contributed by atoms with Crippen LogP contribution in [0.25, 0.3) is 0 Å². The molecule has 0 radical (unpaired) electrons. The van der Waals surface area contributed by atoms with Gasteiger partial charge in [-0.2, -0.15) is 0 Å². The predicted octanol–water partition coefficient (Wildman–Crippen LogP) is 3.47. The minimum atomic E-state index is -1.88. The molecule has 2 unspecified atom stereocenters. The third-order valence-corrected chi connectivity index (χ3v) is 17.3. The van der Waals surface area contributed by atoms with E-state index in [0.29, 0.717) is 24.7 Å². The van der Waals surface area contributed by atoms with Crippen LogP contribution in [0.2, 0.25) is 0 Å². The number of aliphatic hydroxyl groups excluding tert-OH is 5. The minimum Gasteiger partial charge on any atom is -0.481 e. The van der Waals surface area contributed by atoms with Crippen molar-refractivity contribution in [3.8, 4) is 0 Å². The van der Waals surface area contributed by atoms with Gasteiger partial charge >= 0.3 is 11.9 Å². The number of carboxylic acid groups (broad SMARTS) is 2. The Morgan fingerprint density at radius 2 is 1.43 bits per heavy atom. The van der Waals surface area contributed by atoms with Crippen LogP contribution >= 0.6 is 0 Å². The summed E-state index contributed by atoms with van der Waals surface area (Å²) in [6, 6.07) is 0. The fourth-order valence-corrected chi connectivity index (χ4v) is 14.2. The van der Waals surface area contributed by atoms with Gasteiger partial charge in [0.15, 0.2) is 18.7 Å². The molecule has 7 aliphatic rings. The normalized spacial score (nSPS) is 54.0. The van der Waals surface area contributed by atoms with Crippen molar-refractivity contribution in [2.75, 3.05) is 6.61 Å². The predicted molar refractivity (Wildman–Crippen MR) is 192 cm³/mol. The molecule has 5 saturated carbocycles. The van der Waals surface area contributed by atoms with Crippen molar-refractivity contribution in [1.82, 2.24) is 0 Å². The summed E-state index contributed by atoms with van der Waals surface area (Å²) in [6.07, 6.45) is -6.42. The summed E-state index contributed by atoms with van der Waals surface area (Å²) in [4.78, 5) is 25.2. The highest BCUT2D eigenvalue weighted by Gasteiger charge is 2.72. The fourth-order valence-electron chi connectivity index (χ4n) is 14.2. The maximum absolute atomic E-state index is 13.0. The topological polar surface area (TPSA) is 213 Å². The van der Waals surface area contributed by atoms with Crippen LogP contribution in [-0.2, 0) is 28.5 Å². The molecule has 0 bridgehead atoms. The maximum Gasteiger partial charge on any atom is 0.335 e. The maximum atomic E-state index is 13.0. The molecule has 0 spiro atoms. The van der Waals surface area contributed by atoms with Gasteiger partial charge in [0.1, 0.15) is 36.6 Å². The highest BCUT2D eigenvalue weighted by molar-refractivity contribution is 5.76. The first-order chi connectivity index (χ1) is 25.2. The van der Waals surface area contributed by atoms with Crippen LogP contribution in [0.1, 0.15) is 106 Å². The molecule has 2 aliphatic heterocycles. The van der Waals surface area contributed by atoms with E-state index in [2.05, 4.69) is 48.1 Å². The quantitative estimate of drug-likeness (QED) is 0.146. The molecule has 2 heterocycles. The summed E-state index contributed by atoms with van der Waals surface area (Å²) in [7, 11) is 0. The van der Waals surface area contributed by atoms with E-state index in [9.17, 15) is 45.3 Å². The molecule has 7 fully saturated rings. The van der Waals surface area contributed by atoms with Gasteiger partial charge in [-0.1, -0.05) is 46.8 Å². The molecule has 0 aromatic heterocycles. The second-order valence-corrected chi connectivity index (χ2v) is 19.7. The number of rotatable bonds is 7. The first-order valence-corrected chi connectivity index (χ1v) is 20.3. The molecule has 0 aromatic rings. The van der Waals surface area contributed by atoms with Crippen molar-refractivity contribution in [3.05, 3.63) is 12.2 Å². The lowest BCUT2D eigenvalue weighted by atomic mass is 9.32. The Morgan fingerprint density at radius 3 is 2.07 bits per heavy atom. The number of aliphatic hydroxyl groups is 5. The Morgan fingerprint density at radius 1 is 0.722 bits per heavy atom. The first-order valence-electron chi connectivity index (χ1n) is 20.3. The van der Waals surface area contributed by atoms with Crippen LogP contribution < -0.4 is 0 Å². The molecule has 54 heavy (non-hydrogen) atoms. The molecule has 0 aromatic carbocycles. The summed E-state index contributed by atoms with van der Waals surface area (Å²) < 4.78 is 23.8. The van der Waals surface area contributed by atoms with Crippen LogP contribution in [0.3, 0.4) is 0 Å². The molecule has 5 aliphatic carbocycles. The van der Waals surface area contributed by atoms with Crippen molar-refractivity contribution >= 4 is 11.9 Å². The zero-order valence-electron chi connectivity index (χ0n) is 32.7. The van der Waals surface area contributed by atoms with Crippen molar-refractivity contribution in [2.45, 2.75) is 167 Å². The zero-order chi connectivity index (χ0) is 39.5. The highest BCUT2D eigenvalue weighted by atomic mass is 16.8. The molecule has 0 amide bonds. The van der Waals surface area contributed by atoms with Crippen LogP contribution in [0.4, 0.5) is 0 Å². The van der Waals surface area contributed by atoms with Gasteiger partial charge in [-0.3, -0.25) is 4.79 Å². The molecule has 7 N–H and O–H groups in total. The number of allylic oxidation sites excluding steroid dienone is 1. The second kappa shape index (κ2) is 13.7. The van der Waals surface area contributed by atoms with Crippen LogP contribution in [0.15, 0.2) is 12.2 Å². The number of hydrogen-bond acceptors (Lipinski definition) is 11. The van der Waals surface area contributed by atoms with E-state index < -0.39 is 84.2 Å². The van der Waals surface area contributed by atoms with Gasteiger partial charge in [-0.15, -0.1) is 0 Å². The lowest BCUT2D eigenvalue weighted by molar-refractivity contribution is -0.366. The summed E-state index contributed by atoms with van der Waals surface area (Å²) in [5, 5.41) is 73.3. The van der Waals surface area contributed by atoms with Crippen LogP contribution in [-0.4, -0.2) is 116 Å². The number of ether oxygens (including phenoxy) is 4. The number of carboxylic acids is 2. The van der Waals surface area contributed by atoms with Crippen LogP contribution in [0.5, 0.6) is 0 Å². The van der Waals surface area contributed by atoms with Gasteiger partial charge in [0.25, 0.3) is 0 Å². The minimum absolute atomic E-state index is 0.00281. The van der Waals surface area contributed by atoms with Gasteiger partial charge in [0.2, 0.25) is 0 Å². The van der Waals surface area contributed by atoms with Crippen molar-refractivity contribution in [2.24, 2.45) is 56.7 Å². The molecule has 13 heteroatoms. The smallest absolute Gasteiger partial charge is 0.335 e. The first kappa shape index (κ1) is 40.5. The molecule has 2 saturated heterocycles. The summed E-state index contributed by atoms with van der Waals surface area (Å²) in [5.74, 6) is -0.876. The molecule has 13 nitrogen and oxygen atoms in total. The number of aliphatic carboxylic acids is 2. The summed E-state index contributed by atoms with van der Waals surface area (Å²) in [5.41, 5.74) is -0.0969. The number of fused-ring (bicyclic) bond motifs is 7. The van der Waals surface area contributed by atoms with Gasteiger partial charge in [0, 0.05) is 0 Å². The Bertz CT molecular complexity index is 1490. The fraction of sp³-hybridized carbons (Fsp3) is 0.902. The Labute approximate surface area is 318 Å². The monoisotopic (exact) mass is 764 g/mol. The molecular weight excluding hydrogens is 700 g/mol. The Balaban J connectivity index is 1.14. The van der Waals surface area contributed by atoms with E-state index in [1.54, 1.807) is 0 Å². The van der Waals surface area contributed by atoms with Crippen LogP contribution in [0, 0.1) is 56.7 Å². The summed E-state index contributed by atoms with van der Waals surface area (Å²) in [6.45, 7) is 17.8. The number of carbonyl (C=O) groups is 2. The van der Waals surface area contributed by atoms with Gasteiger partial charge in [-0.25, -0.2) is 4.79 Å². The Hall–Kier alpha value is -1.68. The van der Waals surface area contributed by atoms with Crippen molar-refractivity contribution in [1.29, 1.82) is 0 Å². The third-order valence-electron chi connectivity index (χ3n) is 17.3. The van der Waals surface area contributed by atoms with Gasteiger partial charge in [0.05, 0.1) is 18.1 Å². The SMILES string of the molecule is C=C(C)[C@@H]1CC[C@]2(C(=O)O)CC[C@]3(C)[C@H](CCC4[C@@]5(C)CCC(O[C@@H]6O[C@H](C(=O)O)[C@@H](O)[C@H](O)[C@H]6O[C@@H]6OC[C@@H](O)[C@H](O)[C@H]6O)C(C)(C)[C@@H]5CC[C@]43C)[C@@H]12. The lowest BCUT2D eigenvalue weighted by Gasteiger charge is -2.73. The van der Waals surface area contributed by atoms with Crippen molar-refractivity contribution in [3.63, 3.8) is 0 Å². The highest BCUT2D eigenvalue weighted by Crippen LogP contribution is 2.77. The molecule has 306 valence electrons. The molecular formula is C41H64O13. The molecule has 19 atom stereocenters. The average molecular weight is 765 g/mol. The average Bonchev–Trinajstić information content (AvgIpc) is 3.51. The lowest BCUT2D eigenvalue weighted by Crippen LogP contribution is -2.68.